The highest BCUT2D eigenvalue weighted by atomic mass is 16.1. The number of fused-ring (bicyclic) bond motifs is 1. The molecule has 1 aromatic rings. The lowest BCUT2D eigenvalue weighted by Crippen LogP contribution is -2.63. The number of aromatic nitrogens is 2. The quantitative estimate of drug-likeness (QED) is 0.849. The minimum absolute atomic E-state index is 0.167. The average Bonchev–Trinajstić information content (AvgIpc) is 2.71. The van der Waals surface area contributed by atoms with E-state index in [0.717, 1.165) is 50.8 Å². The number of allylic oxidation sites excluding steroid dienone is 2. The highest BCUT2D eigenvalue weighted by molar-refractivity contribution is 6.03. The Labute approximate surface area is 159 Å². The van der Waals surface area contributed by atoms with Gasteiger partial charge in [0.05, 0.1) is 18.1 Å². The normalized spacial score (nSPS) is 25.0. The molecule has 1 aromatic heterocycles. The molecule has 3 aliphatic heterocycles. The van der Waals surface area contributed by atoms with Crippen molar-refractivity contribution < 1.29 is 4.79 Å². The Hall–Kier alpha value is -2.90. The number of nitrogens with zero attached hydrogens (tertiary/aromatic N) is 6. The van der Waals surface area contributed by atoms with Crippen LogP contribution in [0.4, 0.5) is 5.82 Å². The van der Waals surface area contributed by atoms with Crippen LogP contribution in [0.3, 0.4) is 0 Å². The van der Waals surface area contributed by atoms with Crippen molar-refractivity contribution in [3.8, 4) is 0 Å². The second-order valence-electron chi connectivity index (χ2n) is 7.11. The molecule has 1 N–H and O–H groups in total. The Bertz CT molecular complexity index is 796. The van der Waals surface area contributed by atoms with E-state index in [2.05, 4.69) is 48.8 Å². The molecule has 0 saturated carbocycles. The summed E-state index contributed by atoms with van der Waals surface area (Å²) in [6.07, 6.45) is 11.8. The second kappa shape index (κ2) is 7.02. The number of carbonyl (C=O) groups is 1. The zero-order valence-corrected chi connectivity index (χ0v) is 15.8. The van der Waals surface area contributed by atoms with Crippen LogP contribution in [-0.4, -0.2) is 70.4 Å². The molecule has 1 unspecified atom stereocenters. The first-order valence-electron chi connectivity index (χ1n) is 9.43. The minimum Gasteiger partial charge on any atom is -0.355 e. The molecule has 0 spiro atoms. The summed E-state index contributed by atoms with van der Waals surface area (Å²) in [7, 11) is 0. The Morgan fingerprint density at radius 2 is 1.93 bits per heavy atom. The van der Waals surface area contributed by atoms with E-state index in [9.17, 15) is 4.79 Å². The molecule has 0 bridgehead atoms. The monoisotopic (exact) mass is 367 g/mol. The number of aliphatic imine (C=N–C) groups is 1. The zero-order chi connectivity index (χ0) is 18.9. The summed E-state index contributed by atoms with van der Waals surface area (Å²) in [6, 6.07) is 0. The van der Waals surface area contributed by atoms with E-state index in [0.29, 0.717) is 5.57 Å². The van der Waals surface area contributed by atoms with Crippen LogP contribution in [0, 0.1) is 0 Å². The summed E-state index contributed by atoms with van der Waals surface area (Å²) < 4.78 is 0. The molecular formula is C19H25N7O. The van der Waals surface area contributed by atoms with E-state index < -0.39 is 5.66 Å². The number of nitrogens with one attached hydrogen (secondary N) is 1. The third kappa shape index (κ3) is 3.15. The van der Waals surface area contributed by atoms with Crippen LogP contribution in [0.5, 0.6) is 0 Å². The Morgan fingerprint density at radius 3 is 2.63 bits per heavy atom. The largest absolute Gasteiger partial charge is 0.355 e. The molecule has 0 aromatic carbocycles. The van der Waals surface area contributed by atoms with Gasteiger partial charge in [0, 0.05) is 45.1 Å². The van der Waals surface area contributed by atoms with Crippen molar-refractivity contribution in [2.75, 3.05) is 37.6 Å². The van der Waals surface area contributed by atoms with Gasteiger partial charge in [-0.2, -0.15) is 4.99 Å². The summed E-state index contributed by atoms with van der Waals surface area (Å²) in [5, 5.41) is 3.61. The maximum Gasteiger partial charge on any atom is 0.278 e. The third-order valence-electron chi connectivity index (χ3n) is 5.38. The molecule has 1 saturated heterocycles. The van der Waals surface area contributed by atoms with Gasteiger partial charge in [0.25, 0.3) is 5.91 Å². The number of rotatable bonds is 4. The predicted octanol–water partition coefficient (Wildman–Crippen LogP) is 0.966. The summed E-state index contributed by atoms with van der Waals surface area (Å²) in [5.41, 5.74) is 0.140. The highest BCUT2D eigenvalue weighted by Crippen LogP contribution is 2.31. The van der Waals surface area contributed by atoms with Gasteiger partial charge >= 0.3 is 0 Å². The molecule has 3 aliphatic rings. The van der Waals surface area contributed by atoms with Gasteiger partial charge in [-0.05, 0) is 25.5 Å². The Morgan fingerprint density at radius 1 is 1.15 bits per heavy atom. The van der Waals surface area contributed by atoms with Crippen LogP contribution in [0.1, 0.15) is 20.3 Å². The van der Waals surface area contributed by atoms with Crippen molar-refractivity contribution in [3.05, 3.63) is 42.1 Å². The van der Waals surface area contributed by atoms with Crippen LogP contribution >= 0.6 is 0 Å². The number of piperazine rings is 1. The summed E-state index contributed by atoms with van der Waals surface area (Å²) in [4.78, 5) is 31.5. The van der Waals surface area contributed by atoms with E-state index in [1.54, 1.807) is 24.9 Å². The molecule has 0 radical (unpaired) electrons. The molecule has 8 nitrogen and oxygen atoms in total. The number of amides is 1. The molecule has 142 valence electrons. The fraction of sp³-hybridized carbons (Fsp3) is 0.474. The number of hydrogen-bond acceptors (Lipinski definition) is 7. The van der Waals surface area contributed by atoms with Gasteiger partial charge in [-0.25, -0.2) is 4.98 Å². The molecule has 27 heavy (non-hydrogen) atoms. The zero-order valence-electron chi connectivity index (χ0n) is 15.8. The van der Waals surface area contributed by atoms with Crippen LogP contribution in [-0.2, 0) is 4.79 Å². The van der Waals surface area contributed by atoms with Gasteiger partial charge in [-0.3, -0.25) is 9.78 Å². The fourth-order valence-corrected chi connectivity index (χ4v) is 3.83. The van der Waals surface area contributed by atoms with Gasteiger partial charge < -0.3 is 20.0 Å². The van der Waals surface area contributed by atoms with Crippen LogP contribution < -0.4 is 10.2 Å². The molecule has 1 fully saturated rings. The first-order chi connectivity index (χ1) is 13.1. The fourth-order valence-electron chi connectivity index (χ4n) is 3.83. The first-order valence-corrected chi connectivity index (χ1v) is 9.43. The summed E-state index contributed by atoms with van der Waals surface area (Å²) in [5.74, 6) is 1.80. The van der Waals surface area contributed by atoms with Crippen molar-refractivity contribution in [2.24, 2.45) is 4.99 Å². The van der Waals surface area contributed by atoms with Gasteiger partial charge in [-0.1, -0.05) is 6.92 Å². The van der Waals surface area contributed by atoms with Gasteiger partial charge in [0.15, 0.2) is 0 Å². The first kappa shape index (κ1) is 17.5. The Kier molecular flexibility index (Phi) is 4.55. The van der Waals surface area contributed by atoms with E-state index in [1.165, 1.54) is 0 Å². The lowest BCUT2D eigenvalue weighted by atomic mass is 9.94. The summed E-state index contributed by atoms with van der Waals surface area (Å²) >= 11 is 0. The van der Waals surface area contributed by atoms with E-state index in [-0.39, 0.29) is 5.91 Å². The number of carbonyl (C=O) groups excluding carboxylic acids is 1. The topological polar surface area (TPSA) is 77.0 Å². The average molecular weight is 367 g/mol. The number of anilines is 1. The highest BCUT2D eigenvalue weighted by Gasteiger charge is 2.43. The van der Waals surface area contributed by atoms with Crippen molar-refractivity contribution in [1.82, 2.24) is 25.1 Å². The van der Waals surface area contributed by atoms with E-state index in [4.69, 9.17) is 0 Å². The maximum atomic E-state index is 12.3. The molecule has 4 heterocycles. The minimum atomic E-state index is -0.555. The van der Waals surface area contributed by atoms with Gasteiger partial charge in [0.2, 0.25) is 0 Å². The molecule has 4 rings (SSSR count). The van der Waals surface area contributed by atoms with Gasteiger partial charge in [-0.15, -0.1) is 0 Å². The predicted molar refractivity (Wildman–Crippen MR) is 104 cm³/mol. The number of hydrogen-bond donors (Lipinski definition) is 1. The number of dihydropyridines is 1. The SMILES string of the molecule is CCCN1C=NC(=O)C2=CC=C(N3CCN(c4cnccn4)CC3)NC21C. The Balaban J connectivity index is 1.49. The maximum absolute atomic E-state index is 12.3. The van der Waals surface area contributed by atoms with Crippen molar-refractivity contribution >= 4 is 18.1 Å². The molecule has 1 atom stereocenters. The lowest BCUT2D eigenvalue weighted by molar-refractivity contribution is -0.116. The van der Waals surface area contributed by atoms with Crippen LogP contribution in [0.2, 0.25) is 0 Å². The van der Waals surface area contributed by atoms with E-state index in [1.807, 2.05) is 12.2 Å². The van der Waals surface area contributed by atoms with Crippen molar-refractivity contribution in [2.45, 2.75) is 25.9 Å². The standard InChI is InChI=1S/C19H25N7O/c1-3-8-26-14-22-18(27)15-4-5-16(23-19(15,26)2)24-9-11-25(12-10-24)17-13-20-6-7-21-17/h4-7,13-14,23H,3,8-12H2,1-2H3. The molecule has 0 aliphatic carbocycles. The van der Waals surface area contributed by atoms with Gasteiger partial charge in [0.1, 0.15) is 17.3 Å². The summed E-state index contributed by atoms with van der Waals surface area (Å²) in [6.45, 7) is 8.54. The third-order valence-corrected chi connectivity index (χ3v) is 5.38. The van der Waals surface area contributed by atoms with Crippen LogP contribution in [0.15, 0.2) is 47.1 Å². The van der Waals surface area contributed by atoms with Crippen molar-refractivity contribution in [3.63, 3.8) is 0 Å². The lowest BCUT2D eigenvalue weighted by Gasteiger charge is -2.48. The molecular weight excluding hydrogens is 342 g/mol. The second-order valence-corrected chi connectivity index (χ2v) is 7.11. The van der Waals surface area contributed by atoms with E-state index >= 15 is 0 Å². The smallest absolute Gasteiger partial charge is 0.278 e. The van der Waals surface area contributed by atoms with Crippen molar-refractivity contribution in [1.29, 1.82) is 0 Å². The molecule has 8 heteroatoms. The molecule has 1 amide bonds. The van der Waals surface area contributed by atoms with Crippen LogP contribution in [0.25, 0.3) is 0 Å².